The number of urea groups is 1. The topological polar surface area (TPSA) is 58.4 Å². The Morgan fingerprint density at radius 2 is 1.84 bits per heavy atom. The highest BCUT2D eigenvalue weighted by Crippen LogP contribution is 2.39. The number of carbonyl (C=O) groups excluding carboxylic acids is 1. The highest BCUT2D eigenvalue weighted by molar-refractivity contribution is 5.85. The summed E-state index contributed by atoms with van der Waals surface area (Å²) < 4.78 is 0. The van der Waals surface area contributed by atoms with Crippen molar-refractivity contribution in [1.29, 1.82) is 0 Å². The number of nitrogens with one attached hydrogen (secondary N) is 1. The summed E-state index contributed by atoms with van der Waals surface area (Å²) in [4.78, 5) is 14.7. The number of hydrogen-bond donors (Lipinski definition) is 2. The second-order valence-electron chi connectivity index (χ2n) is 7.44. The molecule has 0 radical (unpaired) electrons. The zero-order valence-corrected chi connectivity index (χ0v) is 15.9. The van der Waals surface area contributed by atoms with Crippen LogP contribution in [-0.4, -0.2) is 36.6 Å². The molecule has 1 saturated heterocycles. The third-order valence-electron chi connectivity index (χ3n) is 5.93. The Balaban J connectivity index is 0.00000225. The molecule has 1 aliphatic carbocycles. The van der Waals surface area contributed by atoms with E-state index in [1.807, 2.05) is 4.90 Å². The Hall–Kier alpha value is -1.26. The number of carbonyl (C=O) groups is 1. The maximum Gasteiger partial charge on any atom is 0.317 e. The molecular weight excluding hydrogens is 334 g/mol. The summed E-state index contributed by atoms with van der Waals surface area (Å²) in [7, 11) is 0. The van der Waals surface area contributed by atoms with Gasteiger partial charge in [-0.15, -0.1) is 12.4 Å². The Morgan fingerprint density at radius 1 is 1.12 bits per heavy atom. The average Bonchev–Trinajstić information content (AvgIpc) is 2.67. The van der Waals surface area contributed by atoms with Gasteiger partial charge in [0.05, 0.1) is 0 Å². The minimum absolute atomic E-state index is 0. The molecule has 2 amide bonds. The van der Waals surface area contributed by atoms with Gasteiger partial charge in [-0.2, -0.15) is 0 Å². The zero-order chi connectivity index (χ0) is 16.8. The van der Waals surface area contributed by atoms with Crippen LogP contribution in [0.2, 0.25) is 0 Å². The van der Waals surface area contributed by atoms with Crippen LogP contribution in [0.1, 0.15) is 56.9 Å². The van der Waals surface area contributed by atoms with Crippen molar-refractivity contribution in [3.63, 3.8) is 0 Å². The molecule has 1 saturated carbocycles. The number of likely N-dealkylation sites (tertiary alicyclic amines) is 1. The summed E-state index contributed by atoms with van der Waals surface area (Å²) in [5, 5.41) is 3.26. The molecule has 0 spiro atoms. The Bertz CT molecular complexity index is 531. The molecule has 5 heteroatoms. The van der Waals surface area contributed by atoms with Crippen LogP contribution in [0.5, 0.6) is 0 Å². The van der Waals surface area contributed by atoms with Gasteiger partial charge in [0.25, 0.3) is 0 Å². The summed E-state index contributed by atoms with van der Waals surface area (Å²) >= 11 is 0. The summed E-state index contributed by atoms with van der Waals surface area (Å²) in [6, 6.07) is 11.0. The van der Waals surface area contributed by atoms with E-state index in [1.165, 1.54) is 31.2 Å². The van der Waals surface area contributed by atoms with Gasteiger partial charge < -0.3 is 16.0 Å². The molecule has 25 heavy (non-hydrogen) atoms. The fourth-order valence-electron chi connectivity index (χ4n) is 4.45. The SMILES string of the molecule is Cl.NCC1CCCCN1C(=O)NCC1(c2ccccc2)CCCCC1. The van der Waals surface area contributed by atoms with Crippen LogP contribution in [0.3, 0.4) is 0 Å². The van der Waals surface area contributed by atoms with Crippen molar-refractivity contribution < 1.29 is 4.79 Å². The highest BCUT2D eigenvalue weighted by Gasteiger charge is 2.35. The van der Waals surface area contributed by atoms with Crippen LogP contribution in [0.4, 0.5) is 4.79 Å². The van der Waals surface area contributed by atoms with E-state index in [2.05, 4.69) is 35.6 Å². The van der Waals surface area contributed by atoms with Crippen molar-refractivity contribution >= 4 is 18.4 Å². The Morgan fingerprint density at radius 3 is 2.52 bits per heavy atom. The van der Waals surface area contributed by atoms with Gasteiger partial charge in [0, 0.05) is 31.1 Å². The zero-order valence-electron chi connectivity index (χ0n) is 15.1. The third kappa shape index (κ3) is 4.68. The van der Waals surface area contributed by atoms with E-state index in [1.54, 1.807) is 0 Å². The maximum atomic E-state index is 12.7. The number of nitrogens with two attached hydrogens (primary N) is 1. The molecule has 4 nitrogen and oxygen atoms in total. The Labute approximate surface area is 157 Å². The molecule has 3 rings (SSSR count). The maximum absolute atomic E-state index is 12.7. The number of amides is 2. The normalized spacial score (nSPS) is 22.8. The van der Waals surface area contributed by atoms with Crippen molar-refractivity contribution in [3.8, 4) is 0 Å². The first kappa shape index (κ1) is 20.1. The number of benzene rings is 1. The molecule has 1 heterocycles. The molecule has 0 bridgehead atoms. The van der Waals surface area contributed by atoms with Crippen LogP contribution in [0.15, 0.2) is 30.3 Å². The summed E-state index contributed by atoms with van der Waals surface area (Å²) in [6.45, 7) is 2.15. The standard InChI is InChI=1S/C20H31N3O.ClH/c21-15-18-11-5-8-14-23(18)19(24)22-16-20(12-6-2-7-13-20)17-9-3-1-4-10-17;/h1,3-4,9-10,18H,2,5-8,11-16,21H2,(H,22,24);1H. The number of rotatable bonds is 4. The van der Waals surface area contributed by atoms with E-state index in [0.717, 1.165) is 38.8 Å². The van der Waals surface area contributed by atoms with E-state index in [4.69, 9.17) is 5.73 Å². The van der Waals surface area contributed by atoms with Gasteiger partial charge in [0.1, 0.15) is 0 Å². The first-order valence-electron chi connectivity index (χ1n) is 9.55. The van der Waals surface area contributed by atoms with Crippen molar-refractivity contribution in [2.24, 2.45) is 5.73 Å². The van der Waals surface area contributed by atoms with Crippen molar-refractivity contribution in [2.75, 3.05) is 19.6 Å². The second-order valence-corrected chi connectivity index (χ2v) is 7.44. The fraction of sp³-hybridized carbons (Fsp3) is 0.650. The molecule has 3 N–H and O–H groups in total. The smallest absolute Gasteiger partial charge is 0.317 e. The fourth-order valence-corrected chi connectivity index (χ4v) is 4.45. The average molecular weight is 366 g/mol. The van der Waals surface area contributed by atoms with Crippen LogP contribution in [0, 0.1) is 0 Å². The summed E-state index contributed by atoms with van der Waals surface area (Å²) in [5.74, 6) is 0. The predicted octanol–water partition coefficient (Wildman–Crippen LogP) is 3.83. The second kappa shape index (κ2) is 9.44. The summed E-state index contributed by atoms with van der Waals surface area (Å²) in [6.07, 6.45) is 9.44. The lowest BCUT2D eigenvalue weighted by atomic mass is 9.69. The number of nitrogens with zero attached hydrogens (tertiary/aromatic N) is 1. The molecule has 1 aromatic rings. The third-order valence-corrected chi connectivity index (χ3v) is 5.93. The van der Waals surface area contributed by atoms with E-state index < -0.39 is 0 Å². The molecule has 0 aromatic heterocycles. The lowest BCUT2D eigenvalue weighted by molar-refractivity contribution is 0.149. The van der Waals surface area contributed by atoms with Gasteiger partial charge in [-0.3, -0.25) is 0 Å². The van der Waals surface area contributed by atoms with E-state index in [0.29, 0.717) is 6.54 Å². The van der Waals surface area contributed by atoms with Gasteiger partial charge in [0.15, 0.2) is 0 Å². The quantitative estimate of drug-likeness (QED) is 0.851. The minimum atomic E-state index is 0. The molecule has 2 fully saturated rings. The lowest BCUT2D eigenvalue weighted by Gasteiger charge is -2.40. The van der Waals surface area contributed by atoms with Crippen LogP contribution in [-0.2, 0) is 5.41 Å². The first-order chi connectivity index (χ1) is 11.7. The monoisotopic (exact) mass is 365 g/mol. The van der Waals surface area contributed by atoms with Gasteiger partial charge >= 0.3 is 6.03 Å². The first-order valence-corrected chi connectivity index (χ1v) is 9.55. The largest absolute Gasteiger partial charge is 0.337 e. The molecule has 1 atom stereocenters. The number of halogens is 1. The van der Waals surface area contributed by atoms with Gasteiger partial charge in [-0.1, -0.05) is 49.6 Å². The van der Waals surface area contributed by atoms with Crippen LogP contribution >= 0.6 is 12.4 Å². The van der Waals surface area contributed by atoms with Gasteiger partial charge in [-0.25, -0.2) is 4.79 Å². The number of hydrogen-bond acceptors (Lipinski definition) is 2. The molecule has 1 aromatic carbocycles. The van der Waals surface area contributed by atoms with Gasteiger partial charge in [0.2, 0.25) is 0 Å². The van der Waals surface area contributed by atoms with E-state index in [9.17, 15) is 4.79 Å². The van der Waals surface area contributed by atoms with Crippen molar-refractivity contribution in [3.05, 3.63) is 35.9 Å². The Kier molecular flexibility index (Phi) is 7.57. The summed E-state index contributed by atoms with van der Waals surface area (Å²) in [5.41, 5.74) is 7.34. The molecular formula is C20H32ClN3O. The van der Waals surface area contributed by atoms with E-state index >= 15 is 0 Å². The molecule has 2 aliphatic rings. The van der Waals surface area contributed by atoms with Crippen LogP contribution in [0.25, 0.3) is 0 Å². The van der Waals surface area contributed by atoms with Crippen molar-refractivity contribution in [1.82, 2.24) is 10.2 Å². The predicted molar refractivity (Wildman–Crippen MR) is 105 cm³/mol. The van der Waals surface area contributed by atoms with Crippen molar-refractivity contribution in [2.45, 2.75) is 62.8 Å². The van der Waals surface area contributed by atoms with E-state index in [-0.39, 0.29) is 29.9 Å². The molecule has 140 valence electrons. The molecule has 1 unspecified atom stereocenters. The van der Waals surface area contributed by atoms with Gasteiger partial charge in [-0.05, 0) is 37.7 Å². The highest BCUT2D eigenvalue weighted by atomic mass is 35.5. The molecule has 1 aliphatic heterocycles. The van der Waals surface area contributed by atoms with Crippen LogP contribution < -0.4 is 11.1 Å². The number of piperidine rings is 1. The minimum Gasteiger partial charge on any atom is -0.337 e. The lowest BCUT2D eigenvalue weighted by Crippen LogP contribution is -2.53.